The minimum absolute atomic E-state index is 0.0599. The Morgan fingerprint density at radius 3 is 2.58 bits per heavy atom. The maximum Gasteiger partial charge on any atom is 0.331 e. The molecule has 4 N–H and O–H groups in total. The number of carbonyl (C=O) groups is 1. The number of nitrogens with zero attached hydrogens (tertiary/aromatic N) is 3. The molecule has 2 aromatic heterocycles. The van der Waals surface area contributed by atoms with Crippen LogP contribution in [0.3, 0.4) is 0 Å². The molecule has 0 atom stereocenters. The lowest BCUT2D eigenvalue weighted by Gasteiger charge is -2.02. The summed E-state index contributed by atoms with van der Waals surface area (Å²) in [5.74, 6) is -0.303. The Morgan fingerprint density at radius 2 is 1.85 bits per heavy atom. The highest BCUT2D eigenvalue weighted by Gasteiger charge is 2.09. The van der Waals surface area contributed by atoms with Gasteiger partial charge >= 0.3 is 5.97 Å². The van der Waals surface area contributed by atoms with Crippen molar-refractivity contribution in [2.75, 3.05) is 11.5 Å². The highest BCUT2D eigenvalue weighted by atomic mass is 19.1. The highest BCUT2D eigenvalue weighted by molar-refractivity contribution is 5.86. The molecule has 3 aromatic rings. The Bertz CT molecular complexity index is 950. The van der Waals surface area contributed by atoms with Crippen molar-refractivity contribution in [3.05, 3.63) is 59.9 Å². The lowest BCUT2D eigenvalue weighted by Crippen LogP contribution is -2.09. The van der Waals surface area contributed by atoms with Crippen LogP contribution in [0.25, 0.3) is 17.4 Å². The third kappa shape index (κ3) is 4.20. The molecule has 9 heteroatoms. The van der Waals surface area contributed by atoms with E-state index in [0.29, 0.717) is 17.1 Å². The first-order valence-electron chi connectivity index (χ1n) is 7.47. The fourth-order valence-corrected chi connectivity index (χ4v) is 2.10. The van der Waals surface area contributed by atoms with E-state index >= 15 is 0 Å². The molecule has 26 heavy (non-hydrogen) atoms. The van der Waals surface area contributed by atoms with Gasteiger partial charge in [0.1, 0.15) is 17.3 Å². The zero-order chi connectivity index (χ0) is 18.5. The number of aromatic nitrogens is 3. The SMILES string of the molecule is Nc1nc(N)nc(COC(=O)/C=C/c2ccc(-c3ccccc3F)o2)n1. The second-order valence-electron chi connectivity index (χ2n) is 5.09. The lowest BCUT2D eigenvalue weighted by molar-refractivity contribution is -0.139. The molecule has 0 aliphatic carbocycles. The predicted octanol–water partition coefficient (Wildman–Crippen LogP) is 2.19. The molecule has 132 valence electrons. The highest BCUT2D eigenvalue weighted by Crippen LogP contribution is 2.25. The van der Waals surface area contributed by atoms with Crippen LogP contribution < -0.4 is 11.5 Å². The van der Waals surface area contributed by atoms with Crippen LogP contribution in [0.4, 0.5) is 16.3 Å². The Labute approximate surface area is 147 Å². The molecule has 0 unspecified atom stereocenters. The minimum Gasteiger partial charge on any atom is -0.457 e. The van der Waals surface area contributed by atoms with E-state index in [1.165, 1.54) is 12.1 Å². The summed E-state index contributed by atoms with van der Waals surface area (Å²) in [7, 11) is 0. The Kier molecular flexibility index (Phi) is 4.88. The largest absolute Gasteiger partial charge is 0.457 e. The number of nitrogens with two attached hydrogens (primary N) is 2. The lowest BCUT2D eigenvalue weighted by atomic mass is 10.1. The fraction of sp³-hybridized carbons (Fsp3) is 0.0588. The number of carbonyl (C=O) groups excluding carboxylic acids is 1. The molecule has 0 amide bonds. The molecule has 3 rings (SSSR count). The van der Waals surface area contributed by atoms with E-state index in [2.05, 4.69) is 15.0 Å². The Balaban J connectivity index is 1.61. The van der Waals surface area contributed by atoms with Crippen molar-refractivity contribution in [3.63, 3.8) is 0 Å². The van der Waals surface area contributed by atoms with Crippen LogP contribution in [-0.4, -0.2) is 20.9 Å². The van der Waals surface area contributed by atoms with Gasteiger partial charge in [-0.3, -0.25) is 0 Å². The quantitative estimate of drug-likeness (QED) is 0.526. The van der Waals surface area contributed by atoms with E-state index in [1.807, 2.05) is 0 Å². The molecule has 0 bridgehead atoms. The van der Waals surface area contributed by atoms with Crippen LogP contribution in [0.2, 0.25) is 0 Å². The summed E-state index contributed by atoms with van der Waals surface area (Å²) in [5.41, 5.74) is 11.2. The molecule has 0 aliphatic heterocycles. The van der Waals surface area contributed by atoms with Crippen LogP contribution in [0.5, 0.6) is 0 Å². The second kappa shape index (κ2) is 7.43. The van der Waals surface area contributed by atoms with Gasteiger partial charge in [0.15, 0.2) is 12.4 Å². The number of rotatable bonds is 5. The first-order chi connectivity index (χ1) is 12.5. The molecule has 2 heterocycles. The van der Waals surface area contributed by atoms with Gasteiger partial charge in [-0.15, -0.1) is 0 Å². The van der Waals surface area contributed by atoms with Crippen molar-refractivity contribution < 1.29 is 18.3 Å². The number of furan rings is 1. The van der Waals surface area contributed by atoms with E-state index in [-0.39, 0.29) is 24.3 Å². The molecule has 8 nitrogen and oxygen atoms in total. The summed E-state index contributed by atoms with van der Waals surface area (Å²) < 4.78 is 24.2. The molecule has 0 saturated carbocycles. The standard InChI is InChI=1S/C17H14FN5O3/c18-12-4-2-1-3-11(12)13-7-5-10(26-13)6-8-15(24)25-9-14-21-16(19)23-17(20)22-14/h1-8H,9H2,(H4,19,20,21,22,23)/b8-6+. The number of anilines is 2. The molecule has 0 spiro atoms. The molecule has 0 fully saturated rings. The van der Waals surface area contributed by atoms with Crippen molar-refractivity contribution >= 4 is 23.9 Å². The van der Waals surface area contributed by atoms with Gasteiger partial charge in [0.25, 0.3) is 0 Å². The van der Waals surface area contributed by atoms with Crippen molar-refractivity contribution in [2.45, 2.75) is 6.61 Å². The van der Waals surface area contributed by atoms with E-state index in [1.54, 1.807) is 30.3 Å². The number of benzene rings is 1. The van der Waals surface area contributed by atoms with Crippen molar-refractivity contribution in [1.29, 1.82) is 0 Å². The van der Waals surface area contributed by atoms with Crippen LogP contribution in [-0.2, 0) is 16.1 Å². The van der Waals surface area contributed by atoms with Gasteiger partial charge in [-0.1, -0.05) is 12.1 Å². The molecule has 1 aromatic carbocycles. The van der Waals surface area contributed by atoms with Crippen LogP contribution in [0.15, 0.2) is 46.9 Å². The van der Waals surface area contributed by atoms with Gasteiger partial charge in [0, 0.05) is 6.08 Å². The van der Waals surface area contributed by atoms with Gasteiger partial charge < -0.3 is 20.6 Å². The Hall–Kier alpha value is -3.75. The maximum atomic E-state index is 13.7. The van der Waals surface area contributed by atoms with Gasteiger partial charge in [0.05, 0.1) is 5.56 Å². The normalized spacial score (nSPS) is 11.0. The average molecular weight is 355 g/mol. The van der Waals surface area contributed by atoms with Crippen molar-refractivity contribution in [1.82, 2.24) is 15.0 Å². The number of hydrogen-bond donors (Lipinski definition) is 2. The van der Waals surface area contributed by atoms with E-state index in [9.17, 15) is 9.18 Å². The van der Waals surface area contributed by atoms with Crippen molar-refractivity contribution in [2.24, 2.45) is 0 Å². The van der Waals surface area contributed by atoms with Crippen molar-refractivity contribution in [3.8, 4) is 11.3 Å². The first-order valence-corrected chi connectivity index (χ1v) is 7.47. The Morgan fingerprint density at radius 1 is 1.12 bits per heavy atom. The maximum absolute atomic E-state index is 13.7. The molecule has 0 saturated heterocycles. The monoisotopic (exact) mass is 355 g/mol. The number of hydrogen-bond acceptors (Lipinski definition) is 8. The summed E-state index contributed by atoms with van der Waals surface area (Å²) in [5, 5.41) is 0. The number of ether oxygens (including phenoxy) is 1. The van der Waals surface area contributed by atoms with Crippen LogP contribution >= 0.6 is 0 Å². The van der Waals surface area contributed by atoms with Gasteiger partial charge in [-0.05, 0) is 30.3 Å². The molecular formula is C17H14FN5O3. The smallest absolute Gasteiger partial charge is 0.331 e. The first kappa shape index (κ1) is 17.1. The summed E-state index contributed by atoms with van der Waals surface area (Å²) in [4.78, 5) is 22.9. The third-order valence-corrected chi connectivity index (χ3v) is 3.21. The topological polar surface area (TPSA) is 130 Å². The predicted molar refractivity (Wildman–Crippen MR) is 91.6 cm³/mol. The minimum atomic E-state index is -0.647. The molecule has 0 radical (unpaired) electrons. The number of esters is 1. The van der Waals surface area contributed by atoms with Crippen LogP contribution in [0, 0.1) is 5.82 Å². The van der Waals surface area contributed by atoms with E-state index in [0.717, 1.165) is 6.08 Å². The summed E-state index contributed by atoms with van der Waals surface area (Å²) in [6.07, 6.45) is 2.57. The second-order valence-corrected chi connectivity index (χ2v) is 5.09. The zero-order valence-corrected chi connectivity index (χ0v) is 13.4. The summed E-state index contributed by atoms with van der Waals surface area (Å²) in [6, 6.07) is 9.45. The third-order valence-electron chi connectivity index (χ3n) is 3.21. The summed E-state index contributed by atoms with van der Waals surface area (Å²) >= 11 is 0. The summed E-state index contributed by atoms with van der Waals surface area (Å²) in [6.45, 7) is -0.210. The van der Waals surface area contributed by atoms with E-state index < -0.39 is 11.8 Å². The van der Waals surface area contributed by atoms with Gasteiger partial charge in [-0.2, -0.15) is 15.0 Å². The van der Waals surface area contributed by atoms with Gasteiger partial charge in [0.2, 0.25) is 11.9 Å². The molecular weight excluding hydrogens is 341 g/mol. The number of halogens is 1. The van der Waals surface area contributed by atoms with Crippen LogP contribution in [0.1, 0.15) is 11.6 Å². The average Bonchev–Trinajstić information content (AvgIpc) is 3.06. The zero-order valence-electron chi connectivity index (χ0n) is 13.4. The molecule has 0 aliphatic rings. The number of nitrogen functional groups attached to an aromatic ring is 2. The van der Waals surface area contributed by atoms with E-state index in [4.69, 9.17) is 20.6 Å². The van der Waals surface area contributed by atoms with Gasteiger partial charge in [-0.25, -0.2) is 9.18 Å². The fourth-order valence-electron chi connectivity index (χ4n) is 2.10.